The zero-order chi connectivity index (χ0) is 17.1. The molecule has 3 amide bonds. The summed E-state index contributed by atoms with van der Waals surface area (Å²) in [5.74, 6) is -0.565. The molecule has 3 N–H and O–H groups in total. The first-order chi connectivity index (χ1) is 11.1. The van der Waals surface area contributed by atoms with Gasteiger partial charge < -0.3 is 20.6 Å². The molecule has 0 radical (unpaired) electrons. The predicted molar refractivity (Wildman–Crippen MR) is 85.2 cm³/mol. The van der Waals surface area contributed by atoms with Crippen LogP contribution in [0, 0.1) is 5.82 Å². The molecular formula is C16H24FN3O3. The number of carbonyl (C=O) groups is 2. The summed E-state index contributed by atoms with van der Waals surface area (Å²) >= 11 is 0. The summed E-state index contributed by atoms with van der Waals surface area (Å²) in [7, 11) is 0. The first-order valence-corrected chi connectivity index (χ1v) is 7.71. The van der Waals surface area contributed by atoms with E-state index >= 15 is 0 Å². The molecule has 0 heterocycles. The normalized spacial score (nSPS) is 10.2. The van der Waals surface area contributed by atoms with Crippen molar-refractivity contribution in [2.45, 2.75) is 26.3 Å². The molecule has 0 fully saturated rings. The van der Waals surface area contributed by atoms with Crippen LogP contribution in [0.2, 0.25) is 0 Å². The second kappa shape index (κ2) is 10.6. The van der Waals surface area contributed by atoms with Crippen LogP contribution in [0.15, 0.2) is 24.3 Å². The Morgan fingerprint density at radius 1 is 1.17 bits per heavy atom. The van der Waals surface area contributed by atoms with Gasteiger partial charge in [-0.3, -0.25) is 4.79 Å². The summed E-state index contributed by atoms with van der Waals surface area (Å²) in [6.07, 6.45) is 1.79. The largest absolute Gasteiger partial charge is 0.395 e. The lowest BCUT2D eigenvalue weighted by Crippen LogP contribution is -2.44. The molecule has 0 aliphatic carbocycles. The molecule has 0 aromatic heterocycles. The number of benzene rings is 1. The van der Waals surface area contributed by atoms with Gasteiger partial charge in [-0.15, -0.1) is 0 Å². The van der Waals surface area contributed by atoms with Gasteiger partial charge in [-0.05, 0) is 24.1 Å². The number of nitrogens with one attached hydrogen (secondary N) is 2. The molecule has 1 aromatic carbocycles. The molecule has 0 spiro atoms. The van der Waals surface area contributed by atoms with E-state index in [0.717, 1.165) is 18.4 Å². The van der Waals surface area contributed by atoms with E-state index in [1.165, 1.54) is 17.0 Å². The molecule has 0 bridgehead atoms. The highest BCUT2D eigenvalue weighted by Gasteiger charge is 2.13. The fraction of sp³-hybridized carbons (Fsp3) is 0.500. The van der Waals surface area contributed by atoms with Crippen LogP contribution in [0.3, 0.4) is 0 Å². The van der Waals surface area contributed by atoms with Gasteiger partial charge in [0.2, 0.25) is 5.91 Å². The van der Waals surface area contributed by atoms with Gasteiger partial charge in [-0.1, -0.05) is 25.5 Å². The van der Waals surface area contributed by atoms with Crippen LogP contribution >= 0.6 is 0 Å². The molecule has 1 rings (SSSR count). The highest BCUT2D eigenvalue weighted by Crippen LogP contribution is 2.01. The van der Waals surface area contributed by atoms with Gasteiger partial charge in [0.25, 0.3) is 0 Å². The molecule has 7 heteroatoms. The lowest BCUT2D eigenvalue weighted by atomic mass is 10.2. The number of halogens is 1. The van der Waals surface area contributed by atoms with E-state index in [4.69, 9.17) is 5.11 Å². The van der Waals surface area contributed by atoms with Crippen molar-refractivity contribution < 1.29 is 19.1 Å². The number of aliphatic hydroxyl groups excluding tert-OH is 1. The number of rotatable bonds is 9. The number of unbranched alkanes of at least 4 members (excludes halogenated alkanes) is 1. The summed E-state index contributed by atoms with van der Waals surface area (Å²) in [5, 5.41) is 14.0. The van der Waals surface area contributed by atoms with E-state index in [0.29, 0.717) is 6.54 Å². The van der Waals surface area contributed by atoms with Crippen molar-refractivity contribution >= 4 is 11.9 Å². The number of hydrogen-bond donors (Lipinski definition) is 3. The molecule has 0 atom stereocenters. The van der Waals surface area contributed by atoms with Crippen molar-refractivity contribution in [2.24, 2.45) is 0 Å². The highest BCUT2D eigenvalue weighted by atomic mass is 19.1. The second-order valence-corrected chi connectivity index (χ2v) is 5.12. The van der Waals surface area contributed by atoms with E-state index in [2.05, 4.69) is 10.6 Å². The Kier molecular flexibility index (Phi) is 8.67. The van der Waals surface area contributed by atoms with Crippen LogP contribution in [0.5, 0.6) is 0 Å². The third-order valence-electron chi connectivity index (χ3n) is 3.27. The van der Waals surface area contributed by atoms with Crippen LogP contribution in [0.25, 0.3) is 0 Å². The van der Waals surface area contributed by atoms with Gasteiger partial charge in [-0.2, -0.15) is 0 Å². The Balaban J connectivity index is 2.32. The van der Waals surface area contributed by atoms with Crippen molar-refractivity contribution in [3.8, 4) is 0 Å². The molecule has 0 unspecified atom stereocenters. The SMILES string of the molecule is CCCCN(CCO)C(=O)CNC(=O)NCc1ccc(F)cc1. The Bertz CT molecular complexity index is 494. The minimum absolute atomic E-state index is 0.105. The van der Waals surface area contributed by atoms with E-state index in [1.54, 1.807) is 12.1 Å². The molecule has 0 saturated heterocycles. The van der Waals surface area contributed by atoms with Crippen molar-refractivity contribution in [1.82, 2.24) is 15.5 Å². The van der Waals surface area contributed by atoms with E-state index in [9.17, 15) is 14.0 Å². The quantitative estimate of drug-likeness (QED) is 0.639. The Hall–Kier alpha value is -2.15. The topological polar surface area (TPSA) is 81.7 Å². The van der Waals surface area contributed by atoms with Crippen molar-refractivity contribution in [1.29, 1.82) is 0 Å². The van der Waals surface area contributed by atoms with Gasteiger partial charge >= 0.3 is 6.03 Å². The van der Waals surface area contributed by atoms with E-state index < -0.39 is 6.03 Å². The summed E-state index contributed by atoms with van der Waals surface area (Å²) in [4.78, 5) is 25.2. The Morgan fingerprint density at radius 3 is 2.48 bits per heavy atom. The summed E-state index contributed by atoms with van der Waals surface area (Å²) in [6, 6.07) is 5.32. The fourth-order valence-corrected chi connectivity index (χ4v) is 1.95. The molecule has 0 saturated carbocycles. The summed E-state index contributed by atoms with van der Waals surface area (Å²) in [6.45, 7) is 2.86. The summed E-state index contributed by atoms with van der Waals surface area (Å²) in [5.41, 5.74) is 0.762. The summed E-state index contributed by atoms with van der Waals surface area (Å²) < 4.78 is 12.8. The average molecular weight is 325 g/mol. The molecule has 0 aliphatic heterocycles. The maximum Gasteiger partial charge on any atom is 0.315 e. The van der Waals surface area contributed by atoms with Gasteiger partial charge in [0, 0.05) is 19.6 Å². The maximum atomic E-state index is 12.8. The van der Waals surface area contributed by atoms with Gasteiger partial charge in [0.05, 0.1) is 13.2 Å². The first kappa shape index (κ1) is 18.9. The van der Waals surface area contributed by atoms with Crippen molar-refractivity contribution in [3.63, 3.8) is 0 Å². The van der Waals surface area contributed by atoms with Crippen LogP contribution < -0.4 is 10.6 Å². The van der Waals surface area contributed by atoms with Crippen LogP contribution in [0.4, 0.5) is 9.18 Å². The molecular weight excluding hydrogens is 301 g/mol. The highest BCUT2D eigenvalue weighted by molar-refractivity contribution is 5.83. The minimum Gasteiger partial charge on any atom is -0.395 e. The molecule has 6 nitrogen and oxygen atoms in total. The average Bonchev–Trinajstić information content (AvgIpc) is 2.56. The Labute approximate surface area is 135 Å². The number of urea groups is 1. The van der Waals surface area contributed by atoms with Crippen molar-refractivity contribution in [3.05, 3.63) is 35.6 Å². The number of nitrogens with zero attached hydrogens (tertiary/aromatic N) is 1. The number of amides is 3. The van der Waals surface area contributed by atoms with Crippen LogP contribution in [0.1, 0.15) is 25.3 Å². The minimum atomic E-state index is -0.470. The number of carbonyl (C=O) groups excluding carboxylic acids is 2. The number of hydrogen-bond acceptors (Lipinski definition) is 3. The fourth-order valence-electron chi connectivity index (χ4n) is 1.95. The third-order valence-corrected chi connectivity index (χ3v) is 3.27. The van der Waals surface area contributed by atoms with E-state index in [1.807, 2.05) is 6.92 Å². The first-order valence-electron chi connectivity index (χ1n) is 7.71. The third kappa shape index (κ3) is 7.60. The smallest absolute Gasteiger partial charge is 0.315 e. The van der Waals surface area contributed by atoms with Crippen molar-refractivity contribution in [2.75, 3.05) is 26.2 Å². The molecule has 23 heavy (non-hydrogen) atoms. The van der Waals surface area contributed by atoms with Crippen LogP contribution in [-0.4, -0.2) is 48.2 Å². The lowest BCUT2D eigenvalue weighted by Gasteiger charge is -2.21. The maximum absolute atomic E-state index is 12.8. The standard InChI is InChI=1S/C16H24FN3O3/c1-2-3-8-20(9-10-21)15(22)12-19-16(23)18-11-13-4-6-14(17)7-5-13/h4-7,21H,2-3,8-12H2,1H3,(H2,18,19,23). The van der Waals surface area contributed by atoms with Crippen LogP contribution in [-0.2, 0) is 11.3 Å². The zero-order valence-corrected chi connectivity index (χ0v) is 13.3. The predicted octanol–water partition coefficient (Wildman–Crippen LogP) is 1.25. The van der Waals surface area contributed by atoms with Gasteiger partial charge in [-0.25, -0.2) is 9.18 Å². The number of aliphatic hydroxyl groups is 1. The van der Waals surface area contributed by atoms with E-state index in [-0.39, 0.29) is 38.0 Å². The van der Waals surface area contributed by atoms with Gasteiger partial charge in [0.1, 0.15) is 5.82 Å². The zero-order valence-electron chi connectivity index (χ0n) is 13.3. The molecule has 128 valence electrons. The van der Waals surface area contributed by atoms with Gasteiger partial charge in [0.15, 0.2) is 0 Å². The monoisotopic (exact) mass is 325 g/mol. The Morgan fingerprint density at radius 2 is 1.87 bits per heavy atom. The lowest BCUT2D eigenvalue weighted by molar-refractivity contribution is -0.130. The molecule has 0 aliphatic rings. The molecule has 1 aromatic rings. The second-order valence-electron chi connectivity index (χ2n) is 5.12.